The van der Waals surface area contributed by atoms with Crippen LogP contribution in [0.5, 0.6) is 0 Å². The van der Waals surface area contributed by atoms with E-state index in [9.17, 15) is 9.59 Å². The molecule has 1 aromatic heterocycles. The lowest BCUT2D eigenvalue weighted by atomic mass is 10.2. The first-order valence-electron chi connectivity index (χ1n) is 6.96. The van der Waals surface area contributed by atoms with Gasteiger partial charge in [0, 0.05) is 11.9 Å². The van der Waals surface area contributed by atoms with Crippen LogP contribution in [-0.2, 0) is 27.3 Å². The molecular formula is C16H18N2O3S. The molecule has 22 heavy (non-hydrogen) atoms. The number of esters is 1. The number of carbonyl (C=O) groups is 2. The number of carbonyl (C=O) groups excluding carboxylic acids is 2. The Kier molecular flexibility index (Phi) is 5.66. The third-order valence-electron chi connectivity index (χ3n) is 2.98. The molecule has 2 rings (SSSR count). The van der Waals surface area contributed by atoms with Crippen LogP contribution in [0.4, 0.5) is 0 Å². The molecule has 0 radical (unpaired) electrons. The maximum Gasteiger partial charge on any atom is 0.312 e. The van der Waals surface area contributed by atoms with E-state index in [1.54, 1.807) is 6.92 Å². The van der Waals surface area contributed by atoms with Gasteiger partial charge >= 0.3 is 5.97 Å². The Morgan fingerprint density at radius 1 is 1.32 bits per heavy atom. The van der Waals surface area contributed by atoms with Crippen LogP contribution in [-0.4, -0.2) is 23.0 Å². The van der Waals surface area contributed by atoms with Crippen molar-refractivity contribution in [3.8, 4) is 0 Å². The highest BCUT2D eigenvalue weighted by Gasteiger charge is 2.18. The quantitative estimate of drug-likeness (QED) is 0.830. The number of benzene rings is 1. The smallest absolute Gasteiger partial charge is 0.312 e. The molecule has 0 aliphatic carbocycles. The van der Waals surface area contributed by atoms with Gasteiger partial charge in [-0.25, -0.2) is 4.98 Å². The lowest BCUT2D eigenvalue weighted by Crippen LogP contribution is -2.35. The minimum Gasteiger partial charge on any atom is -0.452 e. The number of rotatable bonds is 6. The van der Waals surface area contributed by atoms with Crippen LogP contribution in [0.2, 0.25) is 0 Å². The zero-order valence-corrected chi connectivity index (χ0v) is 13.4. The van der Waals surface area contributed by atoms with E-state index in [-0.39, 0.29) is 12.3 Å². The van der Waals surface area contributed by atoms with Gasteiger partial charge in [-0.3, -0.25) is 9.59 Å². The third-order valence-corrected chi connectivity index (χ3v) is 3.80. The molecule has 1 amide bonds. The molecular weight excluding hydrogens is 300 g/mol. The second-order valence-electron chi connectivity index (χ2n) is 4.87. The largest absolute Gasteiger partial charge is 0.452 e. The van der Waals surface area contributed by atoms with Gasteiger partial charge in [-0.1, -0.05) is 30.3 Å². The maximum absolute atomic E-state index is 11.9. The van der Waals surface area contributed by atoms with Gasteiger partial charge in [0.15, 0.2) is 6.10 Å². The minimum atomic E-state index is -0.823. The summed E-state index contributed by atoms with van der Waals surface area (Å²) in [5.41, 5.74) is 1.66. The molecule has 1 heterocycles. The molecule has 6 heteroatoms. The van der Waals surface area contributed by atoms with E-state index in [0.717, 1.165) is 10.6 Å². The van der Waals surface area contributed by atoms with E-state index in [1.165, 1.54) is 11.3 Å². The molecule has 1 aromatic carbocycles. The molecule has 0 spiro atoms. The van der Waals surface area contributed by atoms with Crippen LogP contribution in [0, 0.1) is 6.92 Å². The van der Waals surface area contributed by atoms with Gasteiger partial charge in [0.25, 0.3) is 5.91 Å². The average molecular weight is 318 g/mol. The van der Waals surface area contributed by atoms with E-state index in [1.807, 2.05) is 42.6 Å². The fraction of sp³-hybridized carbons (Fsp3) is 0.312. The molecule has 1 unspecified atom stereocenters. The van der Waals surface area contributed by atoms with E-state index < -0.39 is 12.1 Å². The van der Waals surface area contributed by atoms with Crippen LogP contribution >= 0.6 is 11.3 Å². The molecule has 1 N–H and O–H groups in total. The van der Waals surface area contributed by atoms with Crippen LogP contribution in [0.1, 0.15) is 23.2 Å². The number of aromatic nitrogens is 1. The molecule has 0 aliphatic heterocycles. The Labute approximate surface area is 133 Å². The number of amides is 1. The molecule has 5 nitrogen and oxygen atoms in total. The summed E-state index contributed by atoms with van der Waals surface area (Å²) in [6.07, 6.45) is -0.739. The van der Waals surface area contributed by atoms with Crippen LogP contribution in [0.25, 0.3) is 0 Å². The first-order valence-corrected chi connectivity index (χ1v) is 7.84. The molecule has 1 atom stereocenters. The molecule has 0 saturated carbocycles. The van der Waals surface area contributed by atoms with Crippen molar-refractivity contribution in [3.63, 3.8) is 0 Å². The summed E-state index contributed by atoms with van der Waals surface area (Å²) in [5.74, 6) is -0.765. The first-order chi connectivity index (χ1) is 10.5. The van der Waals surface area contributed by atoms with Crippen molar-refractivity contribution in [3.05, 3.63) is 52.0 Å². The van der Waals surface area contributed by atoms with Crippen molar-refractivity contribution < 1.29 is 14.3 Å². The fourth-order valence-electron chi connectivity index (χ4n) is 1.86. The molecule has 2 aromatic rings. The number of hydrogen-bond donors (Lipinski definition) is 1. The van der Waals surface area contributed by atoms with Gasteiger partial charge in [-0.15, -0.1) is 11.3 Å². The van der Waals surface area contributed by atoms with Gasteiger partial charge in [-0.2, -0.15) is 0 Å². The number of ether oxygens (including phenoxy) is 1. The van der Waals surface area contributed by atoms with E-state index >= 15 is 0 Å². The van der Waals surface area contributed by atoms with Crippen molar-refractivity contribution in [1.82, 2.24) is 10.3 Å². The maximum atomic E-state index is 11.9. The van der Waals surface area contributed by atoms with E-state index in [4.69, 9.17) is 4.74 Å². The third kappa shape index (κ3) is 4.96. The van der Waals surface area contributed by atoms with E-state index in [0.29, 0.717) is 12.2 Å². The van der Waals surface area contributed by atoms with Crippen LogP contribution in [0.3, 0.4) is 0 Å². The molecule has 116 valence electrons. The SMILES string of the molecule is Cc1nc(CC(=O)OC(C)C(=O)NCc2ccccc2)cs1. The Bertz CT molecular complexity index is 640. The zero-order valence-electron chi connectivity index (χ0n) is 12.5. The summed E-state index contributed by atoms with van der Waals surface area (Å²) in [5, 5.41) is 5.46. The lowest BCUT2D eigenvalue weighted by Gasteiger charge is -2.13. The van der Waals surface area contributed by atoms with Crippen LogP contribution < -0.4 is 5.32 Å². The monoisotopic (exact) mass is 318 g/mol. The van der Waals surface area contributed by atoms with Gasteiger partial charge in [0.05, 0.1) is 17.1 Å². The van der Waals surface area contributed by atoms with Crippen molar-refractivity contribution in [2.75, 3.05) is 0 Å². The Morgan fingerprint density at radius 3 is 2.68 bits per heavy atom. The molecule has 0 saturated heterocycles. The van der Waals surface area contributed by atoms with Gasteiger partial charge in [-0.05, 0) is 19.4 Å². The van der Waals surface area contributed by atoms with Crippen molar-refractivity contribution in [1.29, 1.82) is 0 Å². The normalized spacial score (nSPS) is 11.7. The zero-order chi connectivity index (χ0) is 15.9. The topological polar surface area (TPSA) is 68.3 Å². The number of aryl methyl sites for hydroxylation is 1. The lowest BCUT2D eigenvalue weighted by molar-refractivity contribution is -0.154. The van der Waals surface area contributed by atoms with Gasteiger partial charge < -0.3 is 10.1 Å². The number of hydrogen-bond acceptors (Lipinski definition) is 5. The van der Waals surface area contributed by atoms with Gasteiger partial charge in [0.1, 0.15) is 0 Å². The highest BCUT2D eigenvalue weighted by Crippen LogP contribution is 2.09. The van der Waals surface area contributed by atoms with Crippen molar-refractivity contribution in [2.45, 2.75) is 32.9 Å². The Hall–Kier alpha value is -2.21. The Morgan fingerprint density at radius 2 is 2.05 bits per heavy atom. The fourth-order valence-corrected chi connectivity index (χ4v) is 2.47. The molecule has 0 bridgehead atoms. The summed E-state index contributed by atoms with van der Waals surface area (Å²) in [4.78, 5) is 27.9. The standard InChI is InChI=1S/C16H18N2O3S/c1-11(16(20)17-9-13-6-4-3-5-7-13)21-15(19)8-14-10-22-12(2)18-14/h3-7,10-11H,8-9H2,1-2H3,(H,17,20). The van der Waals surface area contributed by atoms with Crippen molar-refractivity contribution in [2.24, 2.45) is 0 Å². The second-order valence-corrected chi connectivity index (χ2v) is 5.93. The highest BCUT2D eigenvalue weighted by molar-refractivity contribution is 7.09. The predicted molar refractivity (Wildman–Crippen MR) is 84.4 cm³/mol. The van der Waals surface area contributed by atoms with Gasteiger partial charge in [0.2, 0.25) is 0 Å². The summed E-state index contributed by atoms with van der Waals surface area (Å²) < 4.78 is 5.13. The Balaban J connectivity index is 1.77. The summed E-state index contributed by atoms with van der Waals surface area (Å²) in [6, 6.07) is 9.56. The second kappa shape index (κ2) is 7.70. The number of nitrogens with zero attached hydrogens (tertiary/aromatic N) is 1. The van der Waals surface area contributed by atoms with E-state index in [2.05, 4.69) is 10.3 Å². The summed E-state index contributed by atoms with van der Waals surface area (Å²) in [6.45, 7) is 3.84. The predicted octanol–water partition coefficient (Wildman–Crippen LogP) is 2.24. The average Bonchev–Trinajstić information content (AvgIpc) is 2.90. The first kappa shape index (κ1) is 16.2. The number of nitrogens with one attached hydrogen (secondary N) is 1. The van der Waals surface area contributed by atoms with Crippen molar-refractivity contribution >= 4 is 23.2 Å². The van der Waals surface area contributed by atoms with Crippen LogP contribution in [0.15, 0.2) is 35.7 Å². The number of thiazole rings is 1. The molecule has 0 fully saturated rings. The summed E-state index contributed by atoms with van der Waals surface area (Å²) >= 11 is 1.48. The minimum absolute atomic E-state index is 0.0840. The summed E-state index contributed by atoms with van der Waals surface area (Å²) in [7, 11) is 0. The highest BCUT2D eigenvalue weighted by atomic mass is 32.1. The molecule has 0 aliphatic rings.